The van der Waals surface area contributed by atoms with E-state index < -0.39 is 4.92 Å². The Hall–Kier alpha value is -2.44. The van der Waals surface area contributed by atoms with Crippen LogP contribution in [0.2, 0.25) is 0 Å². The molecule has 0 spiro atoms. The van der Waals surface area contributed by atoms with Crippen LogP contribution in [-0.4, -0.2) is 15.1 Å². The van der Waals surface area contributed by atoms with Crippen LogP contribution in [0.3, 0.4) is 0 Å². The van der Waals surface area contributed by atoms with E-state index in [4.69, 9.17) is 10.3 Å². The van der Waals surface area contributed by atoms with Gasteiger partial charge in [-0.05, 0) is 12.1 Å². The van der Waals surface area contributed by atoms with E-state index in [0.29, 0.717) is 17.8 Å². The highest BCUT2D eigenvalue weighted by molar-refractivity contribution is 5.67. The van der Waals surface area contributed by atoms with E-state index in [1.165, 1.54) is 12.1 Å². The lowest BCUT2D eigenvalue weighted by molar-refractivity contribution is -0.383. The average molecular weight is 234 g/mol. The number of nitro groups is 1. The molecule has 0 aliphatic carbocycles. The van der Waals surface area contributed by atoms with Gasteiger partial charge in [0.1, 0.15) is 5.69 Å². The van der Waals surface area contributed by atoms with Crippen molar-refractivity contribution in [3.8, 4) is 11.5 Å². The summed E-state index contributed by atoms with van der Waals surface area (Å²) >= 11 is 0. The second-order valence-electron chi connectivity index (χ2n) is 3.40. The normalized spacial score (nSPS) is 10.4. The van der Waals surface area contributed by atoms with Crippen molar-refractivity contribution in [2.45, 2.75) is 13.3 Å². The molecule has 2 aromatic rings. The number of hydrogen-bond acceptors (Lipinski definition) is 6. The molecule has 88 valence electrons. The van der Waals surface area contributed by atoms with Crippen molar-refractivity contribution >= 4 is 11.4 Å². The first-order valence-corrected chi connectivity index (χ1v) is 4.98. The van der Waals surface area contributed by atoms with E-state index in [0.717, 1.165) is 0 Å². The average Bonchev–Trinajstić information content (AvgIpc) is 2.78. The summed E-state index contributed by atoms with van der Waals surface area (Å²) in [6, 6.07) is 4.38. The molecule has 0 aliphatic rings. The summed E-state index contributed by atoms with van der Waals surface area (Å²) in [7, 11) is 0. The molecule has 0 fully saturated rings. The van der Waals surface area contributed by atoms with E-state index in [2.05, 4.69) is 10.1 Å². The van der Waals surface area contributed by atoms with Crippen molar-refractivity contribution in [1.29, 1.82) is 0 Å². The van der Waals surface area contributed by atoms with Gasteiger partial charge in [0.05, 0.1) is 4.92 Å². The molecule has 0 bridgehead atoms. The quantitative estimate of drug-likeness (QED) is 0.492. The number of nitro benzene ring substituents is 1. The molecule has 2 N–H and O–H groups in total. The first-order chi connectivity index (χ1) is 8.11. The number of aromatic nitrogens is 2. The Morgan fingerprint density at radius 3 is 2.88 bits per heavy atom. The highest BCUT2D eigenvalue weighted by Gasteiger charge is 2.15. The molecule has 7 nitrogen and oxygen atoms in total. The van der Waals surface area contributed by atoms with Crippen LogP contribution < -0.4 is 5.73 Å². The van der Waals surface area contributed by atoms with Gasteiger partial charge >= 0.3 is 0 Å². The summed E-state index contributed by atoms with van der Waals surface area (Å²) < 4.78 is 4.99. The number of benzene rings is 1. The van der Waals surface area contributed by atoms with Crippen LogP contribution in [0.1, 0.15) is 12.7 Å². The van der Waals surface area contributed by atoms with Crippen LogP contribution in [0.15, 0.2) is 22.7 Å². The Kier molecular flexibility index (Phi) is 2.73. The van der Waals surface area contributed by atoms with E-state index in [9.17, 15) is 10.1 Å². The van der Waals surface area contributed by atoms with Crippen molar-refractivity contribution in [2.75, 3.05) is 5.73 Å². The maximum Gasteiger partial charge on any atom is 0.292 e. The van der Waals surface area contributed by atoms with Gasteiger partial charge in [-0.2, -0.15) is 4.98 Å². The van der Waals surface area contributed by atoms with Gasteiger partial charge in [0.25, 0.3) is 11.6 Å². The lowest BCUT2D eigenvalue weighted by Gasteiger charge is -1.98. The van der Waals surface area contributed by atoms with Gasteiger partial charge in [0.2, 0.25) is 0 Å². The number of nitrogens with two attached hydrogens (primary N) is 1. The Balaban J connectivity index is 2.46. The van der Waals surface area contributed by atoms with Crippen LogP contribution in [0.4, 0.5) is 11.4 Å². The van der Waals surface area contributed by atoms with Gasteiger partial charge in [-0.1, -0.05) is 12.1 Å². The molecule has 0 unspecified atom stereocenters. The van der Waals surface area contributed by atoms with E-state index in [1.807, 2.05) is 6.92 Å². The zero-order valence-corrected chi connectivity index (χ0v) is 9.08. The standard InChI is InChI=1S/C10H10N4O3/c1-2-9-12-10(17-13-9)6-3-4-7(11)8(5-6)14(15)16/h3-5H,2,11H2,1H3. The Labute approximate surface area is 96.4 Å². The van der Waals surface area contributed by atoms with E-state index in [1.54, 1.807) is 6.07 Å². The predicted molar refractivity (Wildman–Crippen MR) is 60.2 cm³/mol. The maximum absolute atomic E-state index is 10.7. The van der Waals surface area contributed by atoms with Crippen molar-refractivity contribution < 1.29 is 9.45 Å². The molecule has 0 radical (unpaired) electrons. The first kappa shape index (κ1) is 11.1. The molecule has 0 saturated carbocycles. The van der Waals surface area contributed by atoms with Crippen LogP contribution >= 0.6 is 0 Å². The van der Waals surface area contributed by atoms with Gasteiger partial charge in [0, 0.05) is 18.1 Å². The molecule has 1 heterocycles. The Morgan fingerprint density at radius 2 is 2.29 bits per heavy atom. The van der Waals surface area contributed by atoms with Gasteiger partial charge in [0.15, 0.2) is 5.82 Å². The topological polar surface area (TPSA) is 108 Å². The van der Waals surface area contributed by atoms with E-state index >= 15 is 0 Å². The van der Waals surface area contributed by atoms with Gasteiger partial charge < -0.3 is 10.3 Å². The molecule has 0 saturated heterocycles. The van der Waals surface area contributed by atoms with Crippen molar-refractivity contribution in [3.05, 3.63) is 34.1 Å². The third-order valence-electron chi connectivity index (χ3n) is 2.26. The third-order valence-corrected chi connectivity index (χ3v) is 2.26. The zero-order chi connectivity index (χ0) is 12.4. The second kappa shape index (κ2) is 4.20. The number of anilines is 1. The van der Waals surface area contributed by atoms with Gasteiger partial charge in [-0.15, -0.1) is 0 Å². The fourth-order valence-electron chi connectivity index (χ4n) is 1.35. The molecule has 0 atom stereocenters. The minimum Gasteiger partial charge on any atom is -0.393 e. The highest BCUT2D eigenvalue weighted by atomic mass is 16.6. The van der Waals surface area contributed by atoms with E-state index in [-0.39, 0.29) is 17.3 Å². The fourth-order valence-corrected chi connectivity index (χ4v) is 1.35. The molecule has 2 rings (SSSR count). The smallest absolute Gasteiger partial charge is 0.292 e. The predicted octanol–water partition coefficient (Wildman–Crippen LogP) is 1.79. The summed E-state index contributed by atoms with van der Waals surface area (Å²) in [5.41, 5.74) is 5.91. The van der Waals surface area contributed by atoms with Crippen LogP contribution in [-0.2, 0) is 6.42 Å². The lowest BCUT2D eigenvalue weighted by atomic mass is 10.2. The molecule has 1 aromatic heterocycles. The van der Waals surface area contributed by atoms with Gasteiger partial charge in [-0.3, -0.25) is 10.1 Å². The van der Waals surface area contributed by atoms with Crippen LogP contribution in [0, 0.1) is 10.1 Å². The highest BCUT2D eigenvalue weighted by Crippen LogP contribution is 2.27. The Morgan fingerprint density at radius 1 is 1.53 bits per heavy atom. The third kappa shape index (κ3) is 2.07. The number of aryl methyl sites for hydroxylation is 1. The van der Waals surface area contributed by atoms with Crippen molar-refractivity contribution in [1.82, 2.24) is 10.1 Å². The summed E-state index contributed by atoms with van der Waals surface area (Å²) in [6.07, 6.45) is 0.639. The number of nitrogens with zero attached hydrogens (tertiary/aromatic N) is 3. The largest absolute Gasteiger partial charge is 0.393 e. The number of hydrogen-bond donors (Lipinski definition) is 1. The molecular weight excluding hydrogens is 224 g/mol. The minimum atomic E-state index is -0.546. The molecule has 0 amide bonds. The molecular formula is C10H10N4O3. The first-order valence-electron chi connectivity index (χ1n) is 4.98. The molecule has 0 aliphatic heterocycles. The monoisotopic (exact) mass is 234 g/mol. The number of nitrogen functional groups attached to an aromatic ring is 1. The molecule has 1 aromatic carbocycles. The minimum absolute atomic E-state index is 0.106. The second-order valence-corrected chi connectivity index (χ2v) is 3.40. The van der Waals surface area contributed by atoms with Gasteiger partial charge in [-0.25, -0.2) is 0 Å². The SMILES string of the molecule is CCc1noc(-c2ccc(N)c([N+](=O)[O-])c2)n1. The maximum atomic E-state index is 10.7. The molecule has 17 heavy (non-hydrogen) atoms. The Bertz CT molecular complexity index is 564. The summed E-state index contributed by atoms with van der Waals surface area (Å²) in [6.45, 7) is 1.89. The summed E-state index contributed by atoms with van der Waals surface area (Å²) in [5.74, 6) is 0.810. The van der Waals surface area contributed by atoms with Crippen LogP contribution in [0.25, 0.3) is 11.5 Å². The summed E-state index contributed by atoms with van der Waals surface area (Å²) in [4.78, 5) is 14.3. The summed E-state index contributed by atoms with van der Waals surface area (Å²) in [5, 5.41) is 14.4. The van der Waals surface area contributed by atoms with Crippen LogP contribution in [0.5, 0.6) is 0 Å². The van der Waals surface area contributed by atoms with Crippen molar-refractivity contribution in [2.24, 2.45) is 0 Å². The lowest BCUT2D eigenvalue weighted by Crippen LogP contribution is -1.95. The molecule has 7 heteroatoms. The fraction of sp³-hybridized carbons (Fsp3) is 0.200. The zero-order valence-electron chi connectivity index (χ0n) is 9.08. The number of rotatable bonds is 3. The van der Waals surface area contributed by atoms with Crippen molar-refractivity contribution in [3.63, 3.8) is 0 Å².